The predicted octanol–water partition coefficient (Wildman–Crippen LogP) is 1.30. The van der Waals surface area contributed by atoms with E-state index in [1.807, 2.05) is 0 Å². The van der Waals surface area contributed by atoms with E-state index < -0.39 is 33.8 Å². The summed E-state index contributed by atoms with van der Waals surface area (Å²) in [4.78, 5) is 6.01. The number of nitrogens with zero attached hydrogens (tertiary/aromatic N) is 5. The van der Waals surface area contributed by atoms with Crippen molar-refractivity contribution in [3.05, 3.63) is 65.4 Å². The largest absolute Gasteiger partial charge is 0.370 e. The van der Waals surface area contributed by atoms with Crippen LogP contribution in [0.25, 0.3) is 0 Å². The van der Waals surface area contributed by atoms with Crippen LogP contribution >= 0.6 is 0 Å². The van der Waals surface area contributed by atoms with Crippen molar-refractivity contribution < 1.29 is 21.9 Å². The lowest BCUT2D eigenvalue weighted by atomic mass is 9.93. The lowest BCUT2D eigenvalue weighted by Gasteiger charge is -2.38. The molecule has 2 aliphatic rings. The molecule has 2 N–H and O–H groups in total. The highest BCUT2D eigenvalue weighted by Crippen LogP contribution is 2.34. The number of benzene rings is 1. The molecule has 1 saturated heterocycles. The third-order valence-corrected chi connectivity index (χ3v) is 7.38. The monoisotopic (exact) mass is 464 g/mol. The number of nitrogens with two attached hydrogens (primary N) is 1. The van der Waals surface area contributed by atoms with Gasteiger partial charge in [0.25, 0.3) is 0 Å². The minimum atomic E-state index is -3.85. The van der Waals surface area contributed by atoms with E-state index in [4.69, 9.17) is 10.5 Å². The second-order valence-corrected chi connectivity index (χ2v) is 9.98. The number of halogens is 2. The average Bonchev–Trinajstić information content (AvgIpc) is 3.45. The van der Waals surface area contributed by atoms with Gasteiger partial charge in [-0.05, 0) is 24.6 Å². The fourth-order valence-corrected chi connectivity index (χ4v) is 5.45. The summed E-state index contributed by atoms with van der Waals surface area (Å²) in [6.07, 6.45) is 4.15. The molecule has 4 heterocycles. The summed E-state index contributed by atoms with van der Waals surface area (Å²) < 4.78 is 61.5. The molecule has 12 heteroatoms. The second-order valence-electron chi connectivity index (χ2n) is 8.23. The molecule has 0 radical (unpaired) electrons. The Balaban J connectivity index is 1.27. The smallest absolute Gasteiger partial charge is 0.301 e. The van der Waals surface area contributed by atoms with Crippen molar-refractivity contribution in [2.45, 2.75) is 42.7 Å². The molecule has 32 heavy (non-hydrogen) atoms. The summed E-state index contributed by atoms with van der Waals surface area (Å²) >= 11 is 0. The maximum Gasteiger partial charge on any atom is 0.301 e. The van der Waals surface area contributed by atoms with Gasteiger partial charge in [-0.2, -0.15) is 17.6 Å². The van der Waals surface area contributed by atoms with Crippen molar-refractivity contribution in [3.8, 4) is 0 Å². The van der Waals surface area contributed by atoms with Gasteiger partial charge in [0, 0.05) is 55.7 Å². The first kappa shape index (κ1) is 21.2. The molecule has 1 aromatic carbocycles. The van der Waals surface area contributed by atoms with Crippen LogP contribution in [0.4, 0.5) is 8.78 Å². The number of rotatable bonds is 4. The van der Waals surface area contributed by atoms with Gasteiger partial charge in [0.05, 0.1) is 18.6 Å². The van der Waals surface area contributed by atoms with Crippen LogP contribution in [0.2, 0.25) is 0 Å². The van der Waals surface area contributed by atoms with Crippen molar-refractivity contribution in [2.24, 2.45) is 12.8 Å². The minimum absolute atomic E-state index is 0.0482. The molecular weight excluding hydrogens is 442 g/mol. The van der Waals surface area contributed by atoms with Crippen LogP contribution in [0.3, 0.4) is 0 Å². The highest BCUT2D eigenvalue weighted by molar-refractivity contribution is 7.89. The van der Waals surface area contributed by atoms with E-state index in [-0.39, 0.29) is 16.6 Å². The van der Waals surface area contributed by atoms with Crippen molar-refractivity contribution in [3.63, 3.8) is 0 Å². The van der Waals surface area contributed by atoms with Gasteiger partial charge in [-0.25, -0.2) is 13.8 Å². The van der Waals surface area contributed by atoms with Crippen LogP contribution < -0.4 is 5.73 Å². The van der Waals surface area contributed by atoms with Crippen molar-refractivity contribution >= 4 is 10.0 Å². The standard InChI is InChI=1S/C20H22F2N6O3S/c1-26-9-19(24-11-26)32(29,30)28-7-12-6-27(8-18(12)25-28)14-5-17(23)20(31-10-14)15-4-13(21)2-3-16(15)22/h2-4,7,9,11,14,17,20H,5-6,8,10,23H2,1H3/t14-,17+,20-/m1/s1. The van der Waals surface area contributed by atoms with Gasteiger partial charge < -0.3 is 15.0 Å². The van der Waals surface area contributed by atoms with E-state index in [0.29, 0.717) is 31.8 Å². The maximum absolute atomic E-state index is 14.1. The van der Waals surface area contributed by atoms with Gasteiger partial charge in [0.2, 0.25) is 0 Å². The predicted molar refractivity (Wildman–Crippen MR) is 109 cm³/mol. The summed E-state index contributed by atoms with van der Waals surface area (Å²) in [5.74, 6) is -1.09. The molecule has 0 amide bonds. The Kier molecular flexibility index (Phi) is 5.12. The van der Waals surface area contributed by atoms with Gasteiger partial charge in [-0.1, -0.05) is 0 Å². The third kappa shape index (κ3) is 3.62. The SMILES string of the molecule is Cn1cnc(S(=O)(=O)n2cc3c(n2)CN([C@H]2CO[C@H](c4cc(F)ccc4F)[C@@H](N)C2)C3)c1. The fourth-order valence-electron chi connectivity index (χ4n) is 4.30. The molecule has 0 bridgehead atoms. The summed E-state index contributed by atoms with van der Waals surface area (Å²) in [5, 5.41) is 4.20. The van der Waals surface area contributed by atoms with Crippen molar-refractivity contribution in [2.75, 3.05) is 6.61 Å². The van der Waals surface area contributed by atoms with E-state index in [2.05, 4.69) is 15.0 Å². The number of fused-ring (bicyclic) bond motifs is 1. The molecular formula is C20H22F2N6O3S. The average molecular weight is 464 g/mol. The first-order valence-electron chi connectivity index (χ1n) is 10.1. The minimum Gasteiger partial charge on any atom is -0.370 e. The molecule has 0 saturated carbocycles. The van der Waals surface area contributed by atoms with Gasteiger partial charge in [0.15, 0.2) is 5.03 Å². The Hall–Kier alpha value is -2.67. The molecule has 2 aromatic heterocycles. The van der Waals surface area contributed by atoms with Gasteiger partial charge >= 0.3 is 10.0 Å². The number of hydrogen-bond acceptors (Lipinski definition) is 7. The molecule has 0 unspecified atom stereocenters. The molecule has 170 valence electrons. The molecule has 3 atom stereocenters. The zero-order valence-electron chi connectivity index (χ0n) is 17.2. The second kappa shape index (κ2) is 7.73. The zero-order chi connectivity index (χ0) is 22.6. The molecule has 3 aromatic rings. The van der Waals surface area contributed by atoms with E-state index in [1.54, 1.807) is 11.6 Å². The summed E-state index contributed by atoms with van der Waals surface area (Å²) in [7, 11) is -2.16. The maximum atomic E-state index is 14.1. The van der Waals surface area contributed by atoms with Crippen LogP contribution in [0.5, 0.6) is 0 Å². The Morgan fingerprint density at radius 2 is 2.03 bits per heavy atom. The number of aryl methyl sites for hydroxylation is 1. The summed E-state index contributed by atoms with van der Waals surface area (Å²) in [6.45, 7) is 1.23. The van der Waals surface area contributed by atoms with Gasteiger partial charge in [-0.15, -0.1) is 0 Å². The number of ether oxygens (including phenoxy) is 1. The lowest BCUT2D eigenvalue weighted by Crippen LogP contribution is -2.47. The highest BCUT2D eigenvalue weighted by Gasteiger charge is 2.37. The molecule has 9 nitrogen and oxygen atoms in total. The van der Waals surface area contributed by atoms with E-state index in [9.17, 15) is 17.2 Å². The van der Waals surface area contributed by atoms with Crippen LogP contribution in [-0.4, -0.2) is 50.7 Å². The fraction of sp³-hybridized carbons (Fsp3) is 0.400. The molecule has 1 fully saturated rings. The first-order valence-corrected chi connectivity index (χ1v) is 11.5. The van der Waals surface area contributed by atoms with Crippen molar-refractivity contribution in [1.82, 2.24) is 23.6 Å². The Morgan fingerprint density at radius 3 is 2.72 bits per heavy atom. The van der Waals surface area contributed by atoms with Crippen LogP contribution in [0.15, 0.2) is 41.9 Å². The Bertz CT molecular complexity index is 1250. The van der Waals surface area contributed by atoms with E-state index in [0.717, 1.165) is 27.8 Å². The van der Waals surface area contributed by atoms with Gasteiger partial charge in [-0.3, -0.25) is 4.90 Å². The summed E-state index contributed by atoms with van der Waals surface area (Å²) in [6, 6.07) is 2.70. The molecule has 0 spiro atoms. The number of hydrogen-bond donors (Lipinski definition) is 1. The topological polar surface area (TPSA) is 108 Å². The molecule has 5 rings (SSSR count). The van der Waals surface area contributed by atoms with Crippen LogP contribution in [0.1, 0.15) is 29.3 Å². The quantitative estimate of drug-likeness (QED) is 0.620. The Morgan fingerprint density at radius 1 is 1.22 bits per heavy atom. The van der Waals surface area contributed by atoms with Crippen LogP contribution in [0, 0.1) is 11.6 Å². The van der Waals surface area contributed by atoms with Crippen LogP contribution in [-0.2, 0) is 34.9 Å². The van der Waals surface area contributed by atoms with E-state index >= 15 is 0 Å². The number of aromatic nitrogens is 4. The number of imidazole rings is 1. The highest BCUT2D eigenvalue weighted by atomic mass is 32.2. The Labute approximate surface area is 183 Å². The molecule has 2 aliphatic heterocycles. The third-order valence-electron chi connectivity index (χ3n) is 5.96. The van der Waals surface area contributed by atoms with E-state index in [1.165, 1.54) is 18.7 Å². The lowest BCUT2D eigenvalue weighted by molar-refractivity contribution is -0.0533. The summed E-state index contributed by atoms with van der Waals surface area (Å²) in [5.41, 5.74) is 7.85. The first-order chi connectivity index (χ1) is 15.2. The normalized spacial score (nSPS) is 24.1. The van der Waals surface area contributed by atoms with Gasteiger partial charge in [0.1, 0.15) is 17.7 Å². The molecule has 0 aliphatic carbocycles. The zero-order valence-corrected chi connectivity index (χ0v) is 18.0. The van der Waals surface area contributed by atoms with Crippen molar-refractivity contribution in [1.29, 1.82) is 0 Å².